The Bertz CT molecular complexity index is 662. The number of carbonyl (C=O) groups is 1. The molecular weight excluding hydrogens is 306 g/mol. The van der Waals surface area contributed by atoms with Gasteiger partial charge in [0.05, 0.1) is 18.3 Å². The third-order valence-electron chi connectivity index (χ3n) is 3.48. The standard InChI is InChI=1S/C18H23N3O3/c1-13-4-5-16(17(12-13)24-11-10-23-3)21-18(22)20-14(2)15-6-8-19-9-7-15/h4-9,12,14H,10-11H2,1-3H3,(H2,20,21,22). The van der Waals surface area contributed by atoms with Crippen LogP contribution in [-0.4, -0.2) is 31.3 Å². The van der Waals surface area contributed by atoms with Gasteiger partial charge in [0.1, 0.15) is 12.4 Å². The molecule has 2 N–H and O–H groups in total. The van der Waals surface area contributed by atoms with Crippen LogP contribution in [0.15, 0.2) is 42.7 Å². The smallest absolute Gasteiger partial charge is 0.319 e. The molecule has 1 aromatic heterocycles. The first-order chi connectivity index (χ1) is 11.6. The summed E-state index contributed by atoms with van der Waals surface area (Å²) in [5.41, 5.74) is 2.66. The number of ether oxygens (including phenoxy) is 2. The molecule has 0 bridgehead atoms. The van der Waals surface area contributed by atoms with Crippen molar-refractivity contribution in [2.45, 2.75) is 19.9 Å². The minimum Gasteiger partial charge on any atom is -0.489 e. The molecule has 1 atom stereocenters. The summed E-state index contributed by atoms with van der Waals surface area (Å²) in [4.78, 5) is 16.2. The Morgan fingerprint density at radius 1 is 1.21 bits per heavy atom. The molecule has 1 unspecified atom stereocenters. The highest BCUT2D eigenvalue weighted by Crippen LogP contribution is 2.26. The third kappa shape index (κ3) is 5.24. The van der Waals surface area contributed by atoms with Gasteiger partial charge in [0, 0.05) is 19.5 Å². The van der Waals surface area contributed by atoms with Gasteiger partial charge < -0.3 is 20.1 Å². The van der Waals surface area contributed by atoms with Gasteiger partial charge in [-0.1, -0.05) is 6.07 Å². The summed E-state index contributed by atoms with van der Waals surface area (Å²) >= 11 is 0. The van der Waals surface area contributed by atoms with Gasteiger partial charge in [-0.3, -0.25) is 4.98 Å². The zero-order valence-electron chi connectivity index (χ0n) is 14.2. The Balaban J connectivity index is 2.00. The van der Waals surface area contributed by atoms with E-state index in [1.807, 2.05) is 44.2 Å². The van der Waals surface area contributed by atoms with Gasteiger partial charge in [0.2, 0.25) is 0 Å². The average Bonchev–Trinajstić information content (AvgIpc) is 2.58. The number of anilines is 1. The van der Waals surface area contributed by atoms with Crippen molar-refractivity contribution in [3.05, 3.63) is 53.9 Å². The van der Waals surface area contributed by atoms with Gasteiger partial charge in [0.25, 0.3) is 0 Å². The van der Waals surface area contributed by atoms with Crippen molar-refractivity contribution in [1.29, 1.82) is 0 Å². The number of aryl methyl sites for hydroxylation is 1. The lowest BCUT2D eigenvalue weighted by atomic mass is 10.1. The zero-order chi connectivity index (χ0) is 17.4. The lowest BCUT2D eigenvalue weighted by molar-refractivity contribution is 0.146. The van der Waals surface area contributed by atoms with E-state index < -0.39 is 0 Å². The Morgan fingerprint density at radius 3 is 2.67 bits per heavy atom. The molecule has 0 saturated carbocycles. The fourth-order valence-electron chi connectivity index (χ4n) is 2.18. The maximum Gasteiger partial charge on any atom is 0.319 e. The van der Waals surface area contributed by atoms with E-state index >= 15 is 0 Å². The Labute approximate surface area is 142 Å². The molecule has 1 aromatic carbocycles. The number of pyridine rings is 1. The minimum atomic E-state index is -0.292. The second kappa shape index (κ2) is 8.88. The van der Waals surface area contributed by atoms with Gasteiger partial charge >= 0.3 is 6.03 Å². The van der Waals surface area contributed by atoms with Crippen molar-refractivity contribution in [3.8, 4) is 5.75 Å². The summed E-state index contributed by atoms with van der Waals surface area (Å²) in [6.45, 7) is 4.79. The predicted octanol–water partition coefficient (Wildman–Crippen LogP) is 3.30. The summed E-state index contributed by atoms with van der Waals surface area (Å²) in [6, 6.07) is 8.96. The molecule has 0 fully saturated rings. The molecule has 0 spiro atoms. The van der Waals surface area contributed by atoms with Crippen LogP contribution in [0.5, 0.6) is 5.75 Å². The van der Waals surface area contributed by atoms with E-state index in [4.69, 9.17) is 9.47 Å². The van der Waals surface area contributed by atoms with Crippen molar-refractivity contribution >= 4 is 11.7 Å². The quantitative estimate of drug-likeness (QED) is 0.765. The number of carbonyl (C=O) groups excluding carboxylic acids is 1. The van der Waals surface area contributed by atoms with Crippen molar-refractivity contribution in [3.63, 3.8) is 0 Å². The first-order valence-corrected chi connectivity index (χ1v) is 7.80. The van der Waals surface area contributed by atoms with Crippen molar-refractivity contribution in [1.82, 2.24) is 10.3 Å². The number of benzene rings is 1. The van der Waals surface area contributed by atoms with Crippen LogP contribution in [0, 0.1) is 6.92 Å². The Morgan fingerprint density at radius 2 is 1.96 bits per heavy atom. The highest BCUT2D eigenvalue weighted by molar-refractivity contribution is 5.91. The molecule has 2 rings (SSSR count). The summed E-state index contributed by atoms with van der Waals surface area (Å²) in [6.07, 6.45) is 3.40. The molecule has 0 aliphatic heterocycles. The SMILES string of the molecule is COCCOc1cc(C)ccc1NC(=O)NC(C)c1ccncc1. The molecular formula is C18H23N3O3. The molecule has 6 nitrogen and oxygen atoms in total. The summed E-state index contributed by atoms with van der Waals surface area (Å²) in [7, 11) is 1.62. The number of hydrogen-bond acceptors (Lipinski definition) is 4. The highest BCUT2D eigenvalue weighted by Gasteiger charge is 2.12. The fourth-order valence-corrected chi connectivity index (χ4v) is 2.18. The van der Waals surface area contributed by atoms with E-state index in [1.165, 1.54) is 0 Å². The normalized spacial score (nSPS) is 11.6. The van der Waals surface area contributed by atoms with E-state index in [9.17, 15) is 4.79 Å². The van der Waals surface area contributed by atoms with Gasteiger partial charge in [-0.25, -0.2) is 4.79 Å². The molecule has 2 amide bonds. The number of hydrogen-bond donors (Lipinski definition) is 2. The van der Waals surface area contributed by atoms with Crippen LogP contribution >= 0.6 is 0 Å². The van der Waals surface area contributed by atoms with E-state index in [0.29, 0.717) is 24.7 Å². The van der Waals surface area contributed by atoms with Gasteiger partial charge in [-0.15, -0.1) is 0 Å². The molecule has 0 saturated heterocycles. The number of methoxy groups -OCH3 is 1. The second-order valence-corrected chi connectivity index (χ2v) is 5.44. The van der Waals surface area contributed by atoms with Crippen molar-refractivity contribution in [2.75, 3.05) is 25.6 Å². The third-order valence-corrected chi connectivity index (χ3v) is 3.48. The van der Waals surface area contributed by atoms with Crippen LogP contribution in [-0.2, 0) is 4.74 Å². The zero-order valence-corrected chi connectivity index (χ0v) is 14.2. The van der Waals surface area contributed by atoms with E-state index in [-0.39, 0.29) is 12.1 Å². The van der Waals surface area contributed by atoms with Crippen LogP contribution in [0.25, 0.3) is 0 Å². The molecule has 0 aliphatic carbocycles. The van der Waals surface area contributed by atoms with Crippen molar-refractivity contribution in [2.24, 2.45) is 0 Å². The fraction of sp³-hybridized carbons (Fsp3) is 0.333. The summed E-state index contributed by atoms with van der Waals surface area (Å²) in [5.74, 6) is 0.624. The number of aromatic nitrogens is 1. The summed E-state index contributed by atoms with van der Waals surface area (Å²) < 4.78 is 10.7. The lowest BCUT2D eigenvalue weighted by Crippen LogP contribution is -2.31. The topological polar surface area (TPSA) is 72.5 Å². The second-order valence-electron chi connectivity index (χ2n) is 5.44. The van der Waals surface area contributed by atoms with Crippen LogP contribution < -0.4 is 15.4 Å². The molecule has 24 heavy (non-hydrogen) atoms. The Hall–Kier alpha value is -2.60. The molecule has 128 valence electrons. The van der Waals surface area contributed by atoms with Gasteiger partial charge in [0.15, 0.2) is 0 Å². The lowest BCUT2D eigenvalue weighted by Gasteiger charge is -2.17. The van der Waals surface area contributed by atoms with Crippen LogP contribution in [0.3, 0.4) is 0 Å². The number of rotatable bonds is 7. The number of nitrogens with one attached hydrogen (secondary N) is 2. The van der Waals surface area contributed by atoms with E-state index in [2.05, 4.69) is 15.6 Å². The first kappa shape index (κ1) is 17.7. The van der Waals surface area contributed by atoms with Crippen LogP contribution in [0.4, 0.5) is 10.5 Å². The van der Waals surface area contributed by atoms with Crippen LogP contribution in [0.1, 0.15) is 24.1 Å². The monoisotopic (exact) mass is 329 g/mol. The minimum absolute atomic E-state index is 0.128. The Kier molecular flexibility index (Phi) is 6.57. The first-order valence-electron chi connectivity index (χ1n) is 7.80. The molecule has 0 radical (unpaired) electrons. The molecule has 2 aromatic rings. The average molecular weight is 329 g/mol. The van der Waals surface area contributed by atoms with Gasteiger partial charge in [-0.2, -0.15) is 0 Å². The predicted molar refractivity (Wildman–Crippen MR) is 93.4 cm³/mol. The maximum atomic E-state index is 12.2. The number of nitrogens with zero attached hydrogens (tertiary/aromatic N) is 1. The van der Waals surface area contributed by atoms with Gasteiger partial charge in [-0.05, 0) is 49.2 Å². The molecule has 6 heteroatoms. The molecule has 1 heterocycles. The maximum absolute atomic E-state index is 12.2. The van der Waals surface area contributed by atoms with E-state index in [0.717, 1.165) is 11.1 Å². The summed E-state index contributed by atoms with van der Waals surface area (Å²) in [5, 5.41) is 5.73. The molecule has 0 aliphatic rings. The number of urea groups is 1. The number of amides is 2. The van der Waals surface area contributed by atoms with E-state index in [1.54, 1.807) is 19.5 Å². The van der Waals surface area contributed by atoms with Crippen molar-refractivity contribution < 1.29 is 14.3 Å². The largest absolute Gasteiger partial charge is 0.489 e. The highest BCUT2D eigenvalue weighted by atomic mass is 16.5. The van der Waals surface area contributed by atoms with Crippen LogP contribution in [0.2, 0.25) is 0 Å².